The summed E-state index contributed by atoms with van der Waals surface area (Å²) in [6.07, 6.45) is -0.320. The first-order valence-corrected chi connectivity index (χ1v) is 5.15. The molecule has 1 unspecified atom stereocenters. The number of aromatic hydroxyl groups is 2. The second kappa shape index (κ2) is 5.87. The van der Waals surface area contributed by atoms with E-state index in [0.717, 1.165) is 0 Å². The minimum atomic E-state index is -1.18. The van der Waals surface area contributed by atoms with Crippen LogP contribution in [0.15, 0.2) is 18.2 Å². The second-order valence-corrected chi connectivity index (χ2v) is 3.77. The van der Waals surface area contributed by atoms with Crippen molar-refractivity contribution >= 4 is 11.9 Å². The Labute approximate surface area is 103 Å². The van der Waals surface area contributed by atoms with E-state index in [1.54, 1.807) is 0 Å². The number of benzene rings is 1. The van der Waals surface area contributed by atoms with Crippen LogP contribution in [0.1, 0.15) is 12.0 Å². The molecule has 1 aromatic carbocycles. The van der Waals surface area contributed by atoms with Crippen LogP contribution >= 0.6 is 0 Å². The average Bonchev–Trinajstić information content (AvgIpc) is 2.28. The van der Waals surface area contributed by atoms with Crippen LogP contribution in [0.3, 0.4) is 0 Å². The Morgan fingerprint density at radius 3 is 2.44 bits per heavy atom. The first-order chi connectivity index (χ1) is 8.40. The molecule has 1 rings (SSSR count). The first-order valence-electron chi connectivity index (χ1n) is 5.15. The summed E-state index contributed by atoms with van der Waals surface area (Å²) in [5.74, 6) is -2.46. The summed E-state index contributed by atoms with van der Waals surface area (Å²) >= 11 is 0. The van der Waals surface area contributed by atoms with Crippen molar-refractivity contribution in [1.29, 1.82) is 0 Å². The number of aliphatic carboxylic acids is 1. The van der Waals surface area contributed by atoms with Crippen molar-refractivity contribution < 1.29 is 24.9 Å². The lowest BCUT2D eigenvalue weighted by molar-refractivity contribution is -0.141. The van der Waals surface area contributed by atoms with Crippen molar-refractivity contribution in [2.45, 2.75) is 19.0 Å². The Morgan fingerprint density at radius 2 is 1.94 bits per heavy atom. The van der Waals surface area contributed by atoms with Gasteiger partial charge >= 0.3 is 5.97 Å². The first kappa shape index (κ1) is 13.8. The molecule has 0 aliphatic heterocycles. The number of carbonyl (C=O) groups excluding carboxylic acids is 1. The van der Waals surface area contributed by atoms with Gasteiger partial charge in [-0.15, -0.1) is 0 Å². The number of nitrogens with two attached hydrogens (primary N) is 1. The monoisotopic (exact) mass is 254 g/mol. The van der Waals surface area contributed by atoms with E-state index in [1.165, 1.54) is 18.2 Å². The van der Waals surface area contributed by atoms with E-state index in [0.29, 0.717) is 5.56 Å². The number of amides is 1. The molecule has 0 bridgehead atoms. The van der Waals surface area contributed by atoms with E-state index in [2.05, 4.69) is 5.32 Å². The van der Waals surface area contributed by atoms with Gasteiger partial charge in [0, 0.05) is 6.54 Å². The smallest absolute Gasteiger partial charge is 0.321 e. The Morgan fingerprint density at radius 1 is 1.28 bits per heavy atom. The molecule has 0 radical (unpaired) electrons. The number of nitrogens with one attached hydrogen (secondary N) is 1. The van der Waals surface area contributed by atoms with E-state index in [4.69, 9.17) is 15.9 Å². The molecule has 0 saturated carbocycles. The summed E-state index contributed by atoms with van der Waals surface area (Å²) in [7, 11) is 0. The van der Waals surface area contributed by atoms with Gasteiger partial charge in [-0.1, -0.05) is 6.07 Å². The van der Waals surface area contributed by atoms with Gasteiger partial charge in [0.05, 0.1) is 6.42 Å². The molecule has 0 aliphatic rings. The van der Waals surface area contributed by atoms with E-state index >= 15 is 0 Å². The SMILES string of the molecule is NC(=O)CC(NCc1ccc(O)c(O)c1)C(=O)O. The molecule has 18 heavy (non-hydrogen) atoms. The van der Waals surface area contributed by atoms with Gasteiger partial charge in [0.2, 0.25) is 5.91 Å². The van der Waals surface area contributed by atoms with Crippen molar-refractivity contribution in [3.05, 3.63) is 23.8 Å². The maximum Gasteiger partial charge on any atom is 0.321 e. The van der Waals surface area contributed by atoms with Gasteiger partial charge < -0.3 is 21.1 Å². The Bertz CT molecular complexity index is 461. The van der Waals surface area contributed by atoms with Gasteiger partial charge in [0.15, 0.2) is 11.5 Å². The zero-order valence-corrected chi connectivity index (χ0v) is 9.46. The number of phenols is 2. The van der Waals surface area contributed by atoms with Gasteiger partial charge in [-0.3, -0.25) is 14.9 Å². The van der Waals surface area contributed by atoms with Crippen LogP contribution in [0, 0.1) is 0 Å². The minimum absolute atomic E-state index is 0.123. The summed E-state index contributed by atoms with van der Waals surface area (Å²) in [4.78, 5) is 21.5. The van der Waals surface area contributed by atoms with E-state index in [-0.39, 0.29) is 24.5 Å². The fraction of sp³-hybridized carbons (Fsp3) is 0.273. The standard InChI is InChI=1S/C11H14N2O5/c12-10(16)4-7(11(17)18)13-5-6-1-2-8(14)9(15)3-6/h1-3,7,13-15H,4-5H2,(H2,12,16)(H,17,18). The summed E-state index contributed by atoms with van der Waals surface area (Å²) in [5.41, 5.74) is 5.50. The summed E-state index contributed by atoms with van der Waals surface area (Å²) in [5, 5.41) is 29.8. The van der Waals surface area contributed by atoms with Crippen LogP contribution in [0.2, 0.25) is 0 Å². The summed E-state index contributed by atoms with van der Waals surface area (Å²) in [6.45, 7) is 0.123. The van der Waals surface area contributed by atoms with Gasteiger partial charge in [-0.05, 0) is 17.7 Å². The quantitative estimate of drug-likeness (QED) is 0.435. The molecule has 6 N–H and O–H groups in total. The molecule has 0 fully saturated rings. The zero-order chi connectivity index (χ0) is 13.7. The molecular formula is C11H14N2O5. The Hall–Kier alpha value is -2.28. The molecule has 1 aromatic rings. The molecule has 0 saturated heterocycles. The van der Waals surface area contributed by atoms with Crippen molar-refractivity contribution in [2.24, 2.45) is 5.73 Å². The predicted octanol–water partition coefficient (Wildman–Crippen LogP) is -0.484. The molecule has 0 aromatic heterocycles. The lowest BCUT2D eigenvalue weighted by atomic mass is 10.1. The largest absolute Gasteiger partial charge is 0.504 e. The third-order valence-corrected chi connectivity index (χ3v) is 2.30. The van der Waals surface area contributed by atoms with Crippen molar-refractivity contribution in [1.82, 2.24) is 5.32 Å². The van der Waals surface area contributed by atoms with E-state index in [1.807, 2.05) is 0 Å². The highest BCUT2D eigenvalue weighted by Gasteiger charge is 2.19. The number of carboxylic acids is 1. The predicted molar refractivity (Wildman–Crippen MR) is 61.8 cm³/mol. The van der Waals surface area contributed by atoms with Gasteiger partial charge in [-0.25, -0.2) is 0 Å². The van der Waals surface area contributed by atoms with E-state index < -0.39 is 17.9 Å². The second-order valence-electron chi connectivity index (χ2n) is 3.77. The third-order valence-electron chi connectivity index (χ3n) is 2.30. The van der Waals surface area contributed by atoms with Crippen LogP contribution in [0.25, 0.3) is 0 Å². The number of rotatable bonds is 6. The fourth-order valence-electron chi connectivity index (χ4n) is 1.37. The molecule has 0 spiro atoms. The molecule has 7 nitrogen and oxygen atoms in total. The number of carbonyl (C=O) groups is 2. The lowest BCUT2D eigenvalue weighted by Gasteiger charge is -2.12. The summed E-state index contributed by atoms with van der Waals surface area (Å²) in [6, 6.07) is 3.02. The number of phenolic OH excluding ortho intramolecular Hbond substituents is 2. The summed E-state index contributed by atoms with van der Waals surface area (Å²) < 4.78 is 0. The lowest BCUT2D eigenvalue weighted by Crippen LogP contribution is -2.39. The van der Waals surface area contributed by atoms with Crippen molar-refractivity contribution in [3.63, 3.8) is 0 Å². The van der Waals surface area contributed by atoms with Crippen LogP contribution in [-0.2, 0) is 16.1 Å². The van der Waals surface area contributed by atoms with Gasteiger partial charge in [0.25, 0.3) is 0 Å². The molecule has 0 heterocycles. The van der Waals surface area contributed by atoms with Crippen molar-refractivity contribution in [3.8, 4) is 11.5 Å². The Balaban J connectivity index is 2.64. The molecule has 1 atom stereocenters. The van der Waals surface area contributed by atoms with Crippen LogP contribution in [-0.4, -0.2) is 33.2 Å². The van der Waals surface area contributed by atoms with E-state index in [9.17, 15) is 14.7 Å². The number of hydrogen-bond donors (Lipinski definition) is 5. The highest BCUT2D eigenvalue weighted by molar-refractivity contribution is 5.83. The topological polar surface area (TPSA) is 133 Å². The van der Waals surface area contributed by atoms with Crippen LogP contribution < -0.4 is 11.1 Å². The third kappa shape index (κ3) is 3.95. The number of carboxylic acid groups (broad SMARTS) is 1. The number of hydrogen-bond acceptors (Lipinski definition) is 5. The highest BCUT2D eigenvalue weighted by Crippen LogP contribution is 2.24. The van der Waals surface area contributed by atoms with Crippen LogP contribution in [0.4, 0.5) is 0 Å². The normalized spacial score (nSPS) is 12.0. The Kier molecular flexibility index (Phi) is 4.50. The zero-order valence-electron chi connectivity index (χ0n) is 9.46. The average molecular weight is 254 g/mol. The molecular weight excluding hydrogens is 240 g/mol. The highest BCUT2D eigenvalue weighted by atomic mass is 16.4. The van der Waals surface area contributed by atoms with Crippen molar-refractivity contribution in [2.75, 3.05) is 0 Å². The molecule has 7 heteroatoms. The van der Waals surface area contributed by atoms with Gasteiger partial charge in [-0.2, -0.15) is 0 Å². The molecule has 98 valence electrons. The van der Waals surface area contributed by atoms with Crippen LogP contribution in [0.5, 0.6) is 11.5 Å². The fourth-order valence-corrected chi connectivity index (χ4v) is 1.37. The maximum absolute atomic E-state index is 10.8. The molecule has 1 amide bonds. The molecule has 0 aliphatic carbocycles. The minimum Gasteiger partial charge on any atom is -0.504 e. The maximum atomic E-state index is 10.8. The number of primary amides is 1. The van der Waals surface area contributed by atoms with Gasteiger partial charge in [0.1, 0.15) is 6.04 Å².